The lowest BCUT2D eigenvalue weighted by atomic mass is 9.68. The lowest BCUT2D eigenvalue weighted by molar-refractivity contribution is -0.144. The molecule has 96 valence electrons. The normalized spacial score (nSPS) is 15.6. The summed E-state index contributed by atoms with van der Waals surface area (Å²) in [4.78, 5) is 11.4. The summed E-state index contributed by atoms with van der Waals surface area (Å²) in [6, 6.07) is 0. The fraction of sp³-hybridized carbons (Fsp3) is 0.923. The number of ether oxygens (including phenoxy) is 1. The fourth-order valence-electron chi connectivity index (χ4n) is 1.79. The predicted molar refractivity (Wildman–Crippen MR) is 67.1 cm³/mol. The van der Waals surface area contributed by atoms with Crippen molar-refractivity contribution in [3.8, 4) is 0 Å². The lowest BCUT2D eigenvalue weighted by Gasteiger charge is -2.41. The topological polar surface area (TPSA) is 52.3 Å². The van der Waals surface area contributed by atoms with Gasteiger partial charge < -0.3 is 10.5 Å². The van der Waals surface area contributed by atoms with Crippen LogP contribution in [0.5, 0.6) is 0 Å². The van der Waals surface area contributed by atoms with Crippen LogP contribution in [0.4, 0.5) is 0 Å². The van der Waals surface area contributed by atoms with E-state index < -0.39 is 0 Å². The molecule has 0 amide bonds. The summed E-state index contributed by atoms with van der Waals surface area (Å²) >= 11 is 0. The Balaban J connectivity index is 4.56. The minimum atomic E-state index is -0.366. The van der Waals surface area contributed by atoms with Crippen LogP contribution in [0, 0.1) is 5.41 Å². The molecule has 16 heavy (non-hydrogen) atoms. The summed E-state index contributed by atoms with van der Waals surface area (Å²) < 4.78 is 4.75. The zero-order chi connectivity index (χ0) is 12.8. The molecule has 3 nitrogen and oxygen atoms in total. The number of hydrogen-bond donors (Lipinski definition) is 1. The summed E-state index contributed by atoms with van der Waals surface area (Å²) in [5.74, 6) is -0.169. The zero-order valence-corrected chi connectivity index (χ0v) is 11.4. The van der Waals surface area contributed by atoms with Gasteiger partial charge >= 0.3 is 5.97 Å². The molecule has 0 bridgehead atoms. The Hall–Kier alpha value is -0.570. The number of methoxy groups -OCH3 is 1. The van der Waals surface area contributed by atoms with Gasteiger partial charge in [0.25, 0.3) is 0 Å². The van der Waals surface area contributed by atoms with Crippen LogP contribution in [-0.4, -0.2) is 18.6 Å². The molecule has 0 fully saturated rings. The van der Waals surface area contributed by atoms with Crippen LogP contribution < -0.4 is 5.73 Å². The molecule has 2 N–H and O–H groups in total. The maximum Gasteiger partial charge on any atom is 0.306 e. The molecule has 0 radical (unpaired) electrons. The van der Waals surface area contributed by atoms with Crippen molar-refractivity contribution in [1.29, 1.82) is 0 Å². The molecular weight excluding hydrogens is 202 g/mol. The smallest absolute Gasteiger partial charge is 0.306 e. The van der Waals surface area contributed by atoms with Gasteiger partial charge in [-0.1, -0.05) is 33.1 Å². The summed E-state index contributed by atoms with van der Waals surface area (Å²) in [7, 11) is 1.43. The SMILES string of the molecule is CCCCCC(C)(CC(=O)OC)C(C)(C)N. The average molecular weight is 229 g/mol. The quantitative estimate of drug-likeness (QED) is 0.539. The van der Waals surface area contributed by atoms with Crippen LogP contribution in [0.25, 0.3) is 0 Å². The zero-order valence-electron chi connectivity index (χ0n) is 11.4. The van der Waals surface area contributed by atoms with Crippen molar-refractivity contribution in [3.63, 3.8) is 0 Å². The van der Waals surface area contributed by atoms with E-state index in [2.05, 4.69) is 13.8 Å². The molecule has 0 aliphatic rings. The molecule has 0 aliphatic carbocycles. The fourth-order valence-corrected chi connectivity index (χ4v) is 1.79. The molecule has 0 spiro atoms. The second kappa shape index (κ2) is 6.24. The molecule has 0 saturated carbocycles. The molecular formula is C13H27NO2. The van der Waals surface area contributed by atoms with E-state index in [0.717, 1.165) is 12.8 Å². The van der Waals surface area contributed by atoms with Gasteiger partial charge in [0.05, 0.1) is 13.5 Å². The summed E-state index contributed by atoms with van der Waals surface area (Å²) in [5.41, 5.74) is 5.64. The van der Waals surface area contributed by atoms with E-state index in [1.54, 1.807) is 0 Å². The maximum absolute atomic E-state index is 11.4. The van der Waals surface area contributed by atoms with Crippen molar-refractivity contribution in [3.05, 3.63) is 0 Å². The summed E-state index contributed by atoms with van der Waals surface area (Å²) in [5, 5.41) is 0. The van der Waals surface area contributed by atoms with Gasteiger partial charge in [0, 0.05) is 5.54 Å². The van der Waals surface area contributed by atoms with Gasteiger partial charge in [-0.2, -0.15) is 0 Å². The molecule has 0 aliphatic heterocycles. The van der Waals surface area contributed by atoms with E-state index in [-0.39, 0.29) is 16.9 Å². The Morgan fingerprint density at radius 2 is 1.81 bits per heavy atom. The number of nitrogens with two attached hydrogens (primary N) is 1. The summed E-state index contributed by atoms with van der Waals surface area (Å²) in [6.07, 6.45) is 4.85. The number of hydrogen-bond acceptors (Lipinski definition) is 3. The first-order valence-corrected chi connectivity index (χ1v) is 6.12. The lowest BCUT2D eigenvalue weighted by Crippen LogP contribution is -2.50. The first-order valence-electron chi connectivity index (χ1n) is 6.12. The highest BCUT2D eigenvalue weighted by molar-refractivity contribution is 5.70. The van der Waals surface area contributed by atoms with E-state index in [4.69, 9.17) is 10.5 Å². The van der Waals surface area contributed by atoms with Gasteiger partial charge in [0.2, 0.25) is 0 Å². The van der Waals surface area contributed by atoms with E-state index >= 15 is 0 Å². The van der Waals surface area contributed by atoms with Gasteiger partial charge in [-0.05, 0) is 25.7 Å². The van der Waals surface area contributed by atoms with Gasteiger partial charge in [0.15, 0.2) is 0 Å². The number of unbranched alkanes of at least 4 members (excludes halogenated alkanes) is 2. The van der Waals surface area contributed by atoms with E-state index in [9.17, 15) is 4.79 Å². The Kier molecular flexibility index (Phi) is 6.01. The Labute approximate surface area is 99.7 Å². The van der Waals surface area contributed by atoms with Gasteiger partial charge in [0.1, 0.15) is 0 Å². The van der Waals surface area contributed by atoms with Gasteiger partial charge in [-0.3, -0.25) is 4.79 Å². The first kappa shape index (κ1) is 15.4. The Morgan fingerprint density at radius 1 is 1.25 bits per heavy atom. The minimum Gasteiger partial charge on any atom is -0.469 e. The number of carbonyl (C=O) groups is 1. The molecule has 3 heteroatoms. The van der Waals surface area contributed by atoms with Crippen LogP contribution in [0.1, 0.15) is 59.8 Å². The first-order chi connectivity index (χ1) is 7.27. The molecule has 1 unspecified atom stereocenters. The number of carbonyl (C=O) groups excluding carboxylic acids is 1. The standard InChI is InChI=1S/C13H27NO2/c1-6-7-8-9-13(4,12(2,3)14)10-11(15)16-5/h6-10,14H2,1-5H3. The van der Waals surface area contributed by atoms with Crippen molar-refractivity contribution >= 4 is 5.97 Å². The average Bonchev–Trinajstić information content (AvgIpc) is 2.16. The summed E-state index contributed by atoms with van der Waals surface area (Å²) in [6.45, 7) is 8.23. The monoisotopic (exact) mass is 229 g/mol. The molecule has 0 rings (SSSR count). The Bertz CT molecular complexity index is 220. The van der Waals surface area contributed by atoms with Crippen molar-refractivity contribution in [2.45, 2.75) is 65.3 Å². The predicted octanol–water partition coefficient (Wildman–Crippen LogP) is 2.87. The van der Waals surface area contributed by atoms with Gasteiger partial charge in [-0.15, -0.1) is 0 Å². The van der Waals surface area contributed by atoms with Crippen LogP contribution in [-0.2, 0) is 9.53 Å². The van der Waals surface area contributed by atoms with Crippen molar-refractivity contribution in [2.24, 2.45) is 11.1 Å². The third kappa shape index (κ3) is 4.52. The van der Waals surface area contributed by atoms with Crippen molar-refractivity contribution < 1.29 is 9.53 Å². The highest BCUT2D eigenvalue weighted by Crippen LogP contribution is 2.38. The third-order valence-electron chi connectivity index (χ3n) is 3.65. The van der Waals surface area contributed by atoms with Crippen LogP contribution in [0.3, 0.4) is 0 Å². The largest absolute Gasteiger partial charge is 0.469 e. The highest BCUT2D eigenvalue weighted by Gasteiger charge is 2.39. The second-order valence-corrected chi connectivity index (χ2v) is 5.49. The highest BCUT2D eigenvalue weighted by atomic mass is 16.5. The Morgan fingerprint density at radius 3 is 2.19 bits per heavy atom. The van der Waals surface area contributed by atoms with Gasteiger partial charge in [-0.25, -0.2) is 0 Å². The third-order valence-corrected chi connectivity index (χ3v) is 3.65. The molecule has 1 atom stereocenters. The van der Waals surface area contributed by atoms with Crippen molar-refractivity contribution in [2.75, 3.05) is 7.11 Å². The van der Waals surface area contributed by atoms with E-state index in [1.165, 1.54) is 20.0 Å². The second-order valence-electron chi connectivity index (χ2n) is 5.49. The van der Waals surface area contributed by atoms with E-state index in [1.807, 2.05) is 13.8 Å². The van der Waals surface area contributed by atoms with Crippen LogP contribution >= 0.6 is 0 Å². The molecule has 0 heterocycles. The molecule has 0 aromatic carbocycles. The molecule has 0 saturated heterocycles. The number of esters is 1. The van der Waals surface area contributed by atoms with E-state index in [0.29, 0.717) is 6.42 Å². The van der Waals surface area contributed by atoms with Crippen LogP contribution in [0.15, 0.2) is 0 Å². The molecule has 0 aromatic rings. The van der Waals surface area contributed by atoms with Crippen molar-refractivity contribution in [1.82, 2.24) is 0 Å². The minimum absolute atomic E-state index is 0.169. The number of rotatable bonds is 7. The van der Waals surface area contributed by atoms with Crippen LogP contribution in [0.2, 0.25) is 0 Å². The molecule has 0 aromatic heterocycles. The maximum atomic E-state index is 11.4.